The van der Waals surface area contributed by atoms with Crippen molar-refractivity contribution in [3.63, 3.8) is 0 Å². The number of carbonyl (C=O) groups is 2. The lowest BCUT2D eigenvalue weighted by Gasteiger charge is -2.41. The number of piperazine rings is 1. The van der Waals surface area contributed by atoms with Gasteiger partial charge in [0.15, 0.2) is 0 Å². The number of rotatable bonds is 4. The highest BCUT2D eigenvalue weighted by Gasteiger charge is 2.39. The Kier molecular flexibility index (Phi) is 4.42. The number of hydrogen-bond donors (Lipinski definition) is 1. The molecule has 2 amide bonds. The van der Waals surface area contributed by atoms with Gasteiger partial charge in [-0.1, -0.05) is 37.3 Å². The molecule has 0 bridgehead atoms. The van der Waals surface area contributed by atoms with E-state index in [-0.39, 0.29) is 23.9 Å². The van der Waals surface area contributed by atoms with Crippen LogP contribution in [0.2, 0.25) is 0 Å². The van der Waals surface area contributed by atoms with Gasteiger partial charge in [-0.05, 0) is 32.3 Å². The molecule has 0 saturated carbocycles. The van der Waals surface area contributed by atoms with Crippen molar-refractivity contribution in [1.29, 1.82) is 0 Å². The first-order valence-corrected chi connectivity index (χ1v) is 7.21. The SMILES string of the molecule is CCC1NC(=O)C(C)N(C(C)Cc2ccccc2)C1=O. The molecule has 1 N–H and O–H groups in total. The first kappa shape index (κ1) is 14.6. The van der Waals surface area contributed by atoms with E-state index in [0.29, 0.717) is 6.42 Å². The van der Waals surface area contributed by atoms with Crippen LogP contribution in [-0.4, -0.2) is 34.8 Å². The zero-order valence-corrected chi connectivity index (χ0v) is 12.3. The highest BCUT2D eigenvalue weighted by Crippen LogP contribution is 2.18. The first-order valence-electron chi connectivity index (χ1n) is 7.21. The number of carbonyl (C=O) groups excluding carboxylic acids is 2. The lowest BCUT2D eigenvalue weighted by molar-refractivity contribution is -0.151. The van der Waals surface area contributed by atoms with Gasteiger partial charge in [0.1, 0.15) is 12.1 Å². The van der Waals surface area contributed by atoms with Gasteiger partial charge < -0.3 is 10.2 Å². The Bertz CT molecular complexity index is 487. The van der Waals surface area contributed by atoms with Gasteiger partial charge in [0.2, 0.25) is 11.8 Å². The zero-order chi connectivity index (χ0) is 14.7. The number of benzene rings is 1. The van der Waals surface area contributed by atoms with Gasteiger partial charge in [0.25, 0.3) is 0 Å². The van der Waals surface area contributed by atoms with Crippen LogP contribution in [0.4, 0.5) is 0 Å². The minimum absolute atomic E-state index is 0.0139. The third-order valence-electron chi connectivity index (χ3n) is 3.92. The fraction of sp³-hybridized carbons (Fsp3) is 0.500. The number of hydrogen-bond acceptors (Lipinski definition) is 2. The molecule has 1 fully saturated rings. The van der Waals surface area contributed by atoms with Crippen LogP contribution >= 0.6 is 0 Å². The van der Waals surface area contributed by atoms with Crippen LogP contribution in [0.5, 0.6) is 0 Å². The van der Waals surface area contributed by atoms with E-state index in [9.17, 15) is 9.59 Å². The molecule has 0 aromatic heterocycles. The van der Waals surface area contributed by atoms with E-state index in [4.69, 9.17) is 0 Å². The summed E-state index contributed by atoms with van der Waals surface area (Å²) in [5.74, 6) is -0.0283. The molecule has 4 heteroatoms. The van der Waals surface area contributed by atoms with Gasteiger partial charge in [0.05, 0.1) is 0 Å². The summed E-state index contributed by atoms with van der Waals surface area (Å²) in [4.78, 5) is 26.2. The van der Waals surface area contributed by atoms with Crippen molar-refractivity contribution in [2.75, 3.05) is 0 Å². The van der Waals surface area contributed by atoms with E-state index in [1.54, 1.807) is 11.8 Å². The molecule has 1 aromatic carbocycles. The van der Waals surface area contributed by atoms with Gasteiger partial charge in [-0.15, -0.1) is 0 Å². The van der Waals surface area contributed by atoms with Crippen LogP contribution in [0.15, 0.2) is 30.3 Å². The number of nitrogens with one attached hydrogen (secondary N) is 1. The average molecular weight is 274 g/mol. The normalized spacial score (nSPS) is 24.4. The van der Waals surface area contributed by atoms with Crippen molar-refractivity contribution < 1.29 is 9.59 Å². The van der Waals surface area contributed by atoms with Gasteiger partial charge in [-0.25, -0.2) is 0 Å². The average Bonchev–Trinajstić information content (AvgIpc) is 2.44. The maximum absolute atomic E-state index is 12.5. The molecule has 2 rings (SSSR count). The molecule has 1 aliphatic rings. The zero-order valence-electron chi connectivity index (χ0n) is 12.3. The van der Waals surface area contributed by atoms with Gasteiger partial charge in [-0.2, -0.15) is 0 Å². The largest absolute Gasteiger partial charge is 0.343 e. The van der Waals surface area contributed by atoms with Crippen molar-refractivity contribution in [3.05, 3.63) is 35.9 Å². The summed E-state index contributed by atoms with van der Waals surface area (Å²) in [6.07, 6.45) is 1.40. The Hall–Kier alpha value is -1.84. The van der Waals surface area contributed by atoms with E-state index in [1.807, 2.05) is 44.2 Å². The van der Waals surface area contributed by atoms with E-state index in [0.717, 1.165) is 6.42 Å². The number of nitrogens with zero attached hydrogens (tertiary/aromatic N) is 1. The van der Waals surface area contributed by atoms with E-state index in [2.05, 4.69) is 5.32 Å². The predicted molar refractivity (Wildman–Crippen MR) is 78.1 cm³/mol. The number of amides is 2. The van der Waals surface area contributed by atoms with Gasteiger partial charge in [0, 0.05) is 6.04 Å². The molecule has 4 nitrogen and oxygen atoms in total. The Morgan fingerprint density at radius 2 is 1.90 bits per heavy atom. The maximum Gasteiger partial charge on any atom is 0.246 e. The molecular formula is C16H22N2O2. The van der Waals surface area contributed by atoms with Crippen LogP contribution < -0.4 is 5.32 Å². The third kappa shape index (κ3) is 2.84. The molecule has 1 saturated heterocycles. The molecule has 0 radical (unpaired) electrons. The van der Waals surface area contributed by atoms with Crippen LogP contribution in [0.1, 0.15) is 32.8 Å². The summed E-state index contributed by atoms with van der Waals surface area (Å²) in [5, 5.41) is 2.78. The van der Waals surface area contributed by atoms with Crippen molar-refractivity contribution in [3.8, 4) is 0 Å². The lowest BCUT2D eigenvalue weighted by Crippen LogP contribution is -2.64. The van der Waals surface area contributed by atoms with Crippen LogP contribution in [0, 0.1) is 0 Å². The summed E-state index contributed by atoms with van der Waals surface area (Å²) in [6, 6.07) is 9.29. The molecule has 0 aliphatic carbocycles. The second-order valence-corrected chi connectivity index (χ2v) is 5.43. The Labute approximate surface area is 120 Å². The molecule has 20 heavy (non-hydrogen) atoms. The van der Waals surface area contributed by atoms with Gasteiger partial charge >= 0.3 is 0 Å². The minimum Gasteiger partial charge on any atom is -0.343 e. The maximum atomic E-state index is 12.5. The molecule has 3 unspecified atom stereocenters. The minimum atomic E-state index is -0.399. The molecule has 1 aromatic rings. The monoisotopic (exact) mass is 274 g/mol. The van der Waals surface area contributed by atoms with Crippen molar-refractivity contribution in [2.45, 2.75) is 51.7 Å². The molecule has 1 heterocycles. The van der Waals surface area contributed by atoms with Crippen molar-refractivity contribution in [1.82, 2.24) is 10.2 Å². The second-order valence-electron chi connectivity index (χ2n) is 5.43. The Balaban J connectivity index is 2.15. The molecule has 1 aliphatic heterocycles. The fourth-order valence-electron chi connectivity index (χ4n) is 2.78. The van der Waals surface area contributed by atoms with E-state index in [1.165, 1.54) is 5.56 Å². The fourth-order valence-corrected chi connectivity index (χ4v) is 2.78. The summed E-state index contributed by atoms with van der Waals surface area (Å²) in [5.41, 5.74) is 1.18. The predicted octanol–water partition coefficient (Wildman–Crippen LogP) is 1.74. The van der Waals surface area contributed by atoms with Crippen LogP contribution in [-0.2, 0) is 16.0 Å². The molecule has 0 spiro atoms. The first-order chi connectivity index (χ1) is 9.54. The molecule has 108 valence electrons. The summed E-state index contributed by atoms with van der Waals surface area (Å²) in [6.45, 7) is 5.71. The Morgan fingerprint density at radius 3 is 2.50 bits per heavy atom. The van der Waals surface area contributed by atoms with E-state index >= 15 is 0 Å². The van der Waals surface area contributed by atoms with Crippen LogP contribution in [0.25, 0.3) is 0 Å². The summed E-state index contributed by atoms with van der Waals surface area (Å²) >= 11 is 0. The summed E-state index contributed by atoms with van der Waals surface area (Å²) in [7, 11) is 0. The van der Waals surface area contributed by atoms with Crippen LogP contribution in [0.3, 0.4) is 0 Å². The Morgan fingerprint density at radius 1 is 1.25 bits per heavy atom. The molecular weight excluding hydrogens is 252 g/mol. The standard InChI is InChI=1S/C16H22N2O2/c1-4-14-16(20)18(12(3)15(19)17-14)11(2)10-13-8-6-5-7-9-13/h5-9,11-12,14H,4,10H2,1-3H3,(H,17,19). The van der Waals surface area contributed by atoms with E-state index < -0.39 is 6.04 Å². The second kappa shape index (κ2) is 6.07. The highest BCUT2D eigenvalue weighted by atomic mass is 16.2. The summed E-state index contributed by atoms with van der Waals surface area (Å²) < 4.78 is 0. The smallest absolute Gasteiger partial charge is 0.246 e. The lowest BCUT2D eigenvalue weighted by atomic mass is 10.00. The molecule has 3 atom stereocenters. The van der Waals surface area contributed by atoms with Crippen molar-refractivity contribution >= 4 is 11.8 Å². The quantitative estimate of drug-likeness (QED) is 0.909. The third-order valence-corrected chi connectivity index (χ3v) is 3.92. The topological polar surface area (TPSA) is 49.4 Å². The van der Waals surface area contributed by atoms with Crippen molar-refractivity contribution in [2.24, 2.45) is 0 Å². The van der Waals surface area contributed by atoms with Gasteiger partial charge in [-0.3, -0.25) is 9.59 Å². The highest BCUT2D eigenvalue weighted by molar-refractivity contribution is 5.96.